The Balaban J connectivity index is 1.25. The number of amides is 1. The fraction of sp³-hybridized carbons (Fsp3) is 0.481. The van der Waals surface area contributed by atoms with Gasteiger partial charge in [0.15, 0.2) is 0 Å². The molecule has 38 heavy (non-hydrogen) atoms. The maximum Gasteiger partial charge on any atom is 0.256 e. The van der Waals surface area contributed by atoms with E-state index in [2.05, 4.69) is 25.2 Å². The maximum absolute atomic E-state index is 13.2. The van der Waals surface area contributed by atoms with E-state index in [1.165, 1.54) is 0 Å². The molecule has 0 atom stereocenters. The van der Waals surface area contributed by atoms with E-state index < -0.39 is 13.0 Å². The molecule has 9 nitrogen and oxygen atoms in total. The molecule has 4 aromatic rings. The highest BCUT2D eigenvalue weighted by molar-refractivity contribution is 5.99. The Labute approximate surface area is 218 Å². The molecule has 2 fully saturated rings. The molecule has 0 radical (unpaired) electrons. The number of rotatable bonds is 7. The lowest BCUT2D eigenvalue weighted by molar-refractivity contribution is -0.130. The molecule has 0 unspecified atom stereocenters. The summed E-state index contributed by atoms with van der Waals surface area (Å²) < 4.78 is 33.6. The van der Waals surface area contributed by atoms with Gasteiger partial charge in [-0.3, -0.25) is 4.79 Å². The van der Waals surface area contributed by atoms with Crippen molar-refractivity contribution < 1.29 is 18.3 Å². The molecule has 1 saturated carbocycles. The first kappa shape index (κ1) is 24.6. The van der Waals surface area contributed by atoms with Crippen molar-refractivity contribution in [2.75, 3.05) is 19.0 Å². The molecule has 6 rings (SSSR count). The zero-order chi connectivity index (χ0) is 26.4. The van der Waals surface area contributed by atoms with E-state index >= 15 is 0 Å². The van der Waals surface area contributed by atoms with Gasteiger partial charge in [-0.05, 0) is 56.7 Å². The number of carbonyl (C=O) groups is 1. The summed E-state index contributed by atoms with van der Waals surface area (Å²) in [4.78, 5) is 31.2. The SMILES string of the molecule is COc1nc(NC2CCC(N3CCCC3=O)CC2)nc2[nH]cc(-c3ccc4nc(C)n(CC(F)F)c4c3)c12. The minimum atomic E-state index is -2.47. The van der Waals surface area contributed by atoms with Gasteiger partial charge in [-0.15, -0.1) is 0 Å². The number of nitrogens with zero attached hydrogens (tertiary/aromatic N) is 5. The number of nitrogens with one attached hydrogen (secondary N) is 2. The van der Waals surface area contributed by atoms with Crippen LogP contribution in [0.2, 0.25) is 0 Å². The Morgan fingerprint density at radius 3 is 2.71 bits per heavy atom. The van der Waals surface area contributed by atoms with Crippen LogP contribution in [0.25, 0.3) is 33.2 Å². The van der Waals surface area contributed by atoms with Gasteiger partial charge in [0.05, 0.1) is 30.1 Å². The maximum atomic E-state index is 13.2. The number of H-pyrrole nitrogens is 1. The van der Waals surface area contributed by atoms with E-state index in [1.807, 2.05) is 24.4 Å². The number of carbonyl (C=O) groups excluding carboxylic acids is 1. The highest BCUT2D eigenvalue weighted by Crippen LogP contribution is 2.36. The Bertz CT molecular complexity index is 1490. The molecule has 4 heterocycles. The number of methoxy groups -OCH3 is 1. The van der Waals surface area contributed by atoms with Crippen molar-refractivity contribution >= 4 is 33.9 Å². The lowest BCUT2D eigenvalue weighted by atomic mass is 9.90. The Hall–Kier alpha value is -3.76. The van der Waals surface area contributed by atoms with Gasteiger partial charge in [0.1, 0.15) is 11.5 Å². The Kier molecular flexibility index (Phi) is 6.37. The summed E-state index contributed by atoms with van der Waals surface area (Å²) in [6.07, 6.45) is 4.84. The lowest BCUT2D eigenvalue weighted by Gasteiger charge is -2.34. The first-order valence-corrected chi connectivity index (χ1v) is 13.2. The topological polar surface area (TPSA) is 101 Å². The average molecular weight is 524 g/mol. The average Bonchev–Trinajstić information content (AvgIpc) is 3.61. The molecule has 200 valence electrons. The largest absolute Gasteiger partial charge is 0.480 e. The van der Waals surface area contributed by atoms with Crippen LogP contribution in [0.4, 0.5) is 14.7 Å². The van der Waals surface area contributed by atoms with Crippen LogP contribution in [0, 0.1) is 6.92 Å². The van der Waals surface area contributed by atoms with Gasteiger partial charge in [0, 0.05) is 36.8 Å². The van der Waals surface area contributed by atoms with Crippen LogP contribution in [0.15, 0.2) is 24.4 Å². The lowest BCUT2D eigenvalue weighted by Crippen LogP contribution is -2.41. The van der Waals surface area contributed by atoms with E-state index in [0.717, 1.165) is 55.2 Å². The van der Waals surface area contributed by atoms with Crippen LogP contribution in [0.5, 0.6) is 5.88 Å². The van der Waals surface area contributed by atoms with Crippen LogP contribution < -0.4 is 10.1 Å². The van der Waals surface area contributed by atoms with Crippen LogP contribution in [-0.4, -0.2) is 67.5 Å². The summed E-state index contributed by atoms with van der Waals surface area (Å²) in [6.45, 7) is 2.21. The third-order valence-electron chi connectivity index (χ3n) is 7.84. The minimum Gasteiger partial charge on any atom is -0.480 e. The standard InChI is InChI=1S/C27H31F2N7O2/c1-15-31-20-10-5-16(12-21(20)36(15)14-22(28)29)19-13-30-25-24(19)26(38-2)34-27(33-25)32-17-6-8-18(9-7-17)35-11-3-4-23(35)37/h5,10,12-13,17-18,22H,3-4,6-9,11,14H2,1-2H3,(H2,30,32,33,34). The highest BCUT2D eigenvalue weighted by atomic mass is 19.3. The second-order valence-corrected chi connectivity index (χ2v) is 10.2. The number of hydrogen-bond acceptors (Lipinski definition) is 6. The van der Waals surface area contributed by atoms with Crippen molar-refractivity contribution in [2.24, 2.45) is 0 Å². The van der Waals surface area contributed by atoms with E-state index in [1.54, 1.807) is 18.6 Å². The van der Waals surface area contributed by atoms with Gasteiger partial charge in [-0.2, -0.15) is 9.97 Å². The van der Waals surface area contributed by atoms with E-state index in [9.17, 15) is 13.6 Å². The molecule has 3 aromatic heterocycles. The molecule has 0 bridgehead atoms. The van der Waals surface area contributed by atoms with Gasteiger partial charge < -0.3 is 24.5 Å². The summed E-state index contributed by atoms with van der Waals surface area (Å²) in [6, 6.07) is 6.19. The van der Waals surface area contributed by atoms with E-state index in [0.29, 0.717) is 46.8 Å². The van der Waals surface area contributed by atoms with E-state index in [-0.39, 0.29) is 11.9 Å². The zero-order valence-corrected chi connectivity index (χ0v) is 21.5. The highest BCUT2D eigenvalue weighted by Gasteiger charge is 2.31. The zero-order valence-electron chi connectivity index (χ0n) is 21.5. The number of ether oxygens (including phenoxy) is 1. The Morgan fingerprint density at radius 1 is 1.18 bits per heavy atom. The molecule has 1 amide bonds. The summed E-state index contributed by atoms with van der Waals surface area (Å²) >= 11 is 0. The van der Waals surface area contributed by atoms with Crippen molar-refractivity contribution in [2.45, 2.75) is 70.5 Å². The predicted octanol–water partition coefficient (Wildman–Crippen LogP) is 4.90. The molecular formula is C27H31F2N7O2. The number of fused-ring (bicyclic) bond motifs is 2. The quantitative estimate of drug-likeness (QED) is 0.357. The molecule has 0 spiro atoms. The minimum absolute atomic E-state index is 0.223. The van der Waals surface area contributed by atoms with Crippen LogP contribution in [0.3, 0.4) is 0 Å². The van der Waals surface area contributed by atoms with Gasteiger partial charge in [0.25, 0.3) is 6.43 Å². The van der Waals surface area contributed by atoms with Crippen LogP contribution >= 0.6 is 0 Å². The van der Waals surface area contributed by atoms with Gasteiger partial charge >= 0.3 is 0 Å². The summed E-state index contributed by atoms with van der Waals surface area (Å²) in [5.74, 6) is 1.76. The van der Waals surface area contributed by atoms with Crippen molar-refractivity contribution in [1.29, 1.82) is 0 Å². The third kappa shape index (κ3) is 4.43. The first-order chi connectivity index (χ1) is 18.4. The third-order valence-corrected chi connectivity index (χ3v) is 7.84. The van der Waals surface area contributed by atoms with Crippen LogP contribution in [-0.2, 0) is 11.3 Å². The number of hydrogen-bond donors (Lipinski definition) is 2. The molecule has 1 aliphatic carbocycles. The number of likely N-dealkylation sites (tertiary alicyclic amines) is 1. The monoisotopic (exact) mass is 523 g/mol. The smallest absolute Gasteiger partial charge is 0.256 e. The fourth-order valence-electron chi connectivity index (χ4n) is 5.99. The van der Waals surface area contributed by atoms with Gasteiger partial charge in [-0.1, -0.05) is 6.07 Å². The second-order valence-electron chi connectivity index (χ2n) is 10.2. The normalized spacial score (nSPS) is 20.2. The first-order valence-electron chi connectivity index (χ1n) is 13.2. The number of anilines is 1. The number of aryl methyl sites for hydroxylation is 1. The van der Waals surface area contributed by atoms with Crippen molar-refractivity contribution in [1.82, 2.24) is 29.4 Å². The number of aromatic amines is 1. The summed E-state index contributed by atoms with van der Waals surface area (Å²) in [7, 11) is 1.57. The number of imidazole rings is 1. The number of benzene rings is 1. The van der Waals surface area contributed by atoms with Gasteiger partial charge in [-0.25, -0.2) is 13.8 Å². The van der Waals surface area contributed by atoms with E-state index in [4.69, 9.17) is 9.72 Å². The number of alkyl halides is 2. The molecule has 2 aliphatic rings. The molecule has 1 aromatic carbocycles. The van der Waals surface area contributed by atoms with Crippen LogP contribution in [0.1, 0.15) is 44.3 Å². The molecule has 11 heteroatoms. The Morgan fingerprint density at radius 2 is 2.00 bits per heavy atom. The molecule has 2 N–H and O–H groups in total. The predicted molar refractivity (Wildman–Crippen MR) is 141 cm³/mol. The van der Waals surface area contributed by atoms with Crippen molar-refractivity contribution in [3.63, 3.8) is 0 Å². The molecule has 1 saturated heterocycles. The van der Waals surface area contributed by atoms with Crippen molar-refractivity contribution in [3.05, 3.63) is 30.2 Å². The van der Waals surface area contributed by atoms with Crippen molar-refractivity contribution in [3.8, 4) is 17.0 Å². The molecular weight excluding hydrogens is 492 g/mol. The fourth-order valence-corrected chi connectivity index (χ4v) is 5.99. The number of halogens is 2. The molecule has 1 aliphatic heterocycles. The van der Waals surface area contributed by atoms with Gasteiger partial charge in [0.2, 0.25) is 17.7 Å². The number of aromatic nitrogens is 5. The summed E-state index contributed by atoms with van der Waals surface area (Å²) in [5.41, 5.74) is 3.60. The second kappa shape index (κ2) is 9.85. The summed E-state index contributed by atoms with van der Waals surface area (Å²) in [5, 5.41) is 4.19.